The normalized spacial score (nSPS) is 16.2. The van der Waals surface area contributed by atoms with Gasteiger partial charge in [0.1, 0.15) is 11.6 Å². The van der Waals surface area contributed by atoms with Gasteiger partial charge in [0, 0.05) is 18.3 Å². The van der Waals surface area contributed by atoms with Crippen LogP contribution in [0, 0.1) is 17.1 Å². The SMILES string of the molecule is COc1ccc(S(=O)(=O)N[C@H]2CCOC2)cc1C(=O)Nc1cc(F)cc(C#N)c1. The minimum absolute atomic E-state index is 0.0339. The number of carbonyl (C=O) groups is 1. The zero-order valence-electron chi connectivity index (χ0n) is 15.4. The molecule has 0 aromatic heterocycles. The van der Waals surface area contributed by atoms with E-state index in [-0.39, 0.29) is 40.1 Å². The molecule has 29 heavy (non-hydrogen) atoms. The van der Waals surface area contributed by atoms with Crippen LogP contribution in [0.15, 0.2) is 41.3 Å². The number of benzene rings is 2. The number of nitriles is 1. The van der Waals surface area contributed by atoms with Crippen molar-refractivity contribution in [2.45, 2.75) is 17.4 Å². The quantitative estimate of drug-likeness (QED) is 0.740. The molecule has 2 N–H and O–H groups in total. The molecule has 0 aliphatic carbocycles. The third-order valence-corrected chi connectivity index (χ3v) is 5.78. The number of rotatable bonds is 6. The molecule has 2 aromatic rings. The molecule has 8 nitrogen and oxygen atoms in total. The van der Waals surface area contributed by atoms with Gasteiger partial charge in [0.05, 0.1) is 35.8 Å². The number of nitrogens with zero attached hydrogens (tertiary/aromatic N) is 1. The standard InChI is InChI=1S/C19H18FN3O5S/c1-27-18-3-2-16(29(25,26)23-14-4-5-28-11-14)9-17(18)19(24)22-15-7-12(10-21)6-13(20)8-15/h2-3,6-9,14,23H,4-5,11H2,1H3,(H,22,24)/t14-/m0/s1. The molecule has 0 saturated carbocycles. The van der Waals surface area contributed by atoms with Crippen molar-refractivity contribution in [2.24, 2.45) is 0 Å². The van der Waals surface area contributed by atoms with Gasteiger partial charge in [-0.05, 0) is 42.8 Å². The number of ether oxygens (including phenoxy) is 2. The van der Waals surface area contributed by atoms with Gasteiger partial charge in [-0.2, -0.15) is 5.26 Å². The van der Waals surface area contributed by atoms with Crippen LogP contribution in [0.4, 0.5) is 10.1 Å². The summed E-state index contributed by atoms with van der Waals surface area (Å²) in [4.78, 5) is 12.6. The highest BCUT2D eigenvalue weighted by Crippen LogP contribution is 2.25. The summed E-state index contributed by atoms with van der Waals surface area (Å²) in [6, 6.07) is 8.70. The van der Waals surface area contributed by atoms with Gasteiger partial charge >= 0.3 is 0 Å². The summed E-state index contributed by atoms with van der Waals surface area (Å²) < 4.78 is 51.7. The number of halogens is 1. The number of amides is 1. The Kier molecular flexibility index (Phi) is 6.12. The maximum Gasteiger partial charge on any atom is 0.259 e. The lowest BCUT2D eigenvalue weighted by Gasteiger charge is -2.14. The number of hydrogen-bond acceptors (Lipinski definition) is 6. The van der Waals surface area contributed by atoms with Gasteiger partial charge in [0.15, 0.2) is 0 Å². The summed E-state index contributed by atoms with van der Waals surface area (Å²) in [5.41, 5.74) is 0.0375. The summed E-state index contributed by atoms with van der Waals surface area (Å²) in [6.07, 6.45) is 0.559. The Hall–Kier alpha value is -3.00. The molecular formula is C19H18FN3O5S. The summed E-state index contributed by atoms with van der Waals surface area (Å²) >= 11 is 0. The average Bonchev–Trinajstić information content (AvgIpc) is 3.19. The van der Waals surface area contributed by atoms with E-state index in [9.17, 15) is 17.6 Å². The molecule has 1 amide bonds. The molecule has 1 aliphatic rings. The van der Waals surface area contributed by atoms with Crippen molar-refractivity contribution in [3.63, 3.8) is 0 Å². The second-order valence-corrected chi connectivity index (χ2v) is 8.05. The summed E-state index contributed by atoms with van der Waals surface area (Å²) in [6.45, 7) is 0.755. The van der Waals surface area contributed by atoms with Crippen molar-refractivity contribution < 1.29 is 27.1 Å². The monoisotopic (exact) mass is 419 g/mol. The van der Waals surface area contributed by atoms with Crippen molar-refractivity contribution >= 4 is 21.6 Å². The van der Waals surface area contributed by atoms with E-state index in [1.807, 2.05) is 0 Å². The van der Waals surface area contributed by atoms with Gasteiger partial charge < -0.3 is 14.8 Å². The van der Waals surface area contributed by atoms with Gasteiger partial charge in [-0.1, -0.05) is 0 Å². The first-order valence-electron chi connectivity index (χ1n) is 8.62. The predicted molar refractivity (Wildman–Crippen MR) is 102 cm³/mol. The van der Waals surface area contributed by atoms with Crippen LogP contribution >= 0.6 is 0 Å². The molecule has 10 heteroatoms. The molecule has 1 atom stereocenters. The van der Waals surface area contributed by atoms with Crippen LogP contribution in [-0.4, -0.2) is 40.7 Å². The number of anilines is 1. The first-order chi connectivity index (χ1) is 13.8. The van der Waals surface area contributed by atoms with Gasteiger partial charge in [-0.15, -0.1) is 0 Å². The van der Waals surface area contributed by atoms with Gasteiger partial charge in [0.25, 0.3) is 5.91 Å². The second kappa shape index (κ2) is 8.57. The highest BCUT2D eigenvalue weighted by Gasteiger charge is 2.25. The maximum absolute atomic E-state index is 13.6. The van der Waals surface area contributed by atoms with Crippen LogP contribution in [0.3, 0.4) is 0 Å². The summed E-state index contributed by atoms with van der Waals surface area (Å²) in [5, 5.41) is 11.4. The molecule has 1 heterocycles. The molecule has 0 bridgehead atoms. The van der Waals surface area contributed by atoms with Crippen LogP contribution in [0.2, 0.25) is 0 Å². The highest BCUT2D eigenvalue weighted by molar-refractivity contribution is 7.89. The molecule has 1 saturated heterocycles. The Labute approximate surface area is 167 Å². The van der Waals surface area contributed by atoms with E-state index in [4.69, 9.17) is 14.7 Å². The molecule has 1 fully saturated rings. The van der Waals surface area contributed by atoms with E-state index < -0.39 is 21.7 Å². The number of sulfonamides is 1. The third-order valence-electron chi connectivity index (χ3n) is 4.26. The van der Waals surface area contributed by atoms with E-state index in [0.717, 1.165) is 12.1 Å². The van der Waals surface area contributed by atoms with Gasteiger partial charge in [-0.25, -0.2) is 17.5 Å². The Morgan fingerprint density at radius 3 is 2.76 bits per heavy atom. The van der Waals surface area contributed by atoms with E-state index >= 15 is 0 Å². The predicted octanol–water partition coefficient (Wildman–Crippen LogP) is 2.03. The fourth-order valence-electron chi connectivity index (χ4n) is 2.87. The first kappa shape index (κ1) is 20.7. The van der Waals surface area contributed by atoms with Crippen molar-refractivity contribution in [1.82, 2.24) is 4.72 Å². The van der Waals surface area contributed by atoms with Crippen molar-refractivity contribution in [3.05, 3.63) is 53.3 Å². The van der Waals surface area contributed by atoms with E-state index in [0.29, 0.717) is 13.0 Å². The average molecular weight is 419 g/mol. The van der Waals surface area contributed by atoms with Crippen molar-refractivity contribution in [2.75, 3.05) is 25.6 Å². The zero-order valence-corrected chi connectivity index (χ0v) is 16.3. The van der Waals surface area contributed by atoms with Crippen LogP contribution < -0.4 is 14.8 Å². The molecule has 0 radical (unpaired) electrons. The fourth-order valence-corrected chi connectivity index (χ4v) is 4.15. The Bertz CT molecular complexity index is 1080. The maximum atomic E-state index is 13.6. The first-order valence-corrected chi connectivity index (χ1v) is 10.1. The van der Waals surface area contributed by atoms with Crippen molar-refractivity contribution in [1.29, 1.82) is 5.26 Å². The topological polar surface area (TPSA) is 118 Å². The molecule has 0 unspecified atom stereocenters. The lowest BCUT2D eigenvalue weighted by Crippen LogP contribution is -2.35. The summed E-state index contributed by atoms with van der Waals surface area (Å²) in [5.74, 6) is -1.26. The van der Waals surface area contributed by atoms with E-state index in [2.05, 4.69) is 10.0 Å². The minimum atomic E-state index is -3.88. The number of nitrogens with one attached hydrogen (secondary N) is 2. The molecule has 0 spiro atoms. The van der Waals surface area contributed by atoms with Crippen LogP contribution in [0.25, 0.3) is 0 Å². The lowest BCUT2D eigenvalue weighted by molar-refractivity contribution is 0.102. The minimum Gasteiger partial charge on any atom is -0.496 e. The summed E-state index contributed by atoms with van der Waals surface area (Å²) in [7, 11) is -2.55. The lowest BCUT2D eigenvalue weighted by atomic mass is 10.1. The van der Waals surface area contributed by atoms with Gasteiger partial charge in [0.2, 0.25) is 10.0 Å². The van der Waals surface area contributed by atoms with E-state index in [1.165, 1.54) is 31.4 Å². The Morgan fingerprint density at radius 1 is 1.31 bits per heavy atom. The zero-order chi connectivity index (χ0) is 21.0. The molecule has 3 rings (SSSR count). The van der Waals surface area contributed by atoms with Crippen molar-refractivity contribution in [3.8, 4) is 11.8 Å². The Balaban J connectivity index is 1.89. The third kappa shape index (κ3) is 4.89. The van der Waals surface area contributed by atoms with Crippen LogP contribution in [0.5, 0.6) is 5.75 Å². The fraction of sp³-hybridized carbons (Fsp3) is 0.263. The smallest absolute Gasteiger partial charge is 0.259 e. The molecular weight excluding hydrogens is 401 g/mol. The van der Waals surface area contributed by atoms with Gasteiger partial charge in [-0.3, -0.25) is 4.79 Å². The number of carbonyl (C=O) groups excluding carboxylic acids is 1. The van der Waals surface area contributed by atoms with Crippen LogP contribution in [0.1, 0.15) is 22.3 Å². The molecule has 1 aliphatic heterocycles. The van der Waals surface area contributed by atoms with E-state index in [1.54, 1.807) is 6.07 Å². The largest absolute Gasteiger partial charge is 0.496 e. The Morgan fingerprint density at radius 2 is 2.10 bits per heavy atom. The molecule has 152 valence electrons. The second-order valence-electron chi connectivity index (χ2n) is 6.34. The molecule has 2 aromatic carbocycles. The number of hydrogen-bond donors (Lipinski definition) is 2. The number of methoxy groups -OCH3 is 1. The van der Waals surface area contributed by atoms with Crippen LogP contribution in [-0.2, 0) is 14.8 Å². The highest BCUT2D eigenvalue weighted by atomic mass is 32.2.